The quantitative estimate of drug-likeness (QED) is 0.200. The van der Waals surface area contributed by atoms with Crippen molar-refractivity contribution in [3.05, 3.63) is 102 Å². The lowest BCUT2D eigenvalue weighted by Crippen LogP contribution is -2.47. The number of carbonyl (C=O) groups is 3. The van der Waals surface area contributed by atoms with Gasteiger partial charge in [-0.3, -0.25) is 14.8 Å². The number of rotatable bonds is 10. The minimum atomic E-state index is -1.07. The Morgan fingerprint density at radius 2 is 1.76 bits per heavy atom. The van der Waals surface area contributed by atoms with Crippen molar-refractivity contribution in [3.8, 4) is 11.1 Å². The number of aromatic amines is 1. The van der Waals surface area contributed by atoms with Gasteiger partial charge in [-0.15, -0.1) is 0 Å². The van der Waals surface area contributed by atoms with Crippen LogP contribution in [0.15, 0.2) is 78.9 Å². The topological polar surface area (TPSA) is 159 Å². The summed E-state index contributed by atoms with van der Waals surface area (Å²) in [5.41, 5.74) is 4.45. The highest BCUT2D eigenvalue weighted by atomic mass is 16.5. The number of benzene rings is 3. The smallest absolute Gasteiger partial charge is 0.408 e. The molecule has 234 valence electrons. The van der Waals surface area contributed by atoms with E-state index in [1.165, 1.54) is 12.0 Å². The fraction of sp³-hybridized carbons (Fsp3) is 0.303. The van der Waals surface area contributed by atoms with Gasteiger partial charge in [-0.25, -0.2) is 14.6 Å². The molecular formula is C33H36N6O6. The summed E-state index contributed by atoms with van der Waals surface area (Å²) < 4.78 is 10.8. The summed E-state index contributed by atoms with van der Waals surface area (Å²) >= 11 is 0. The lowest BCUT2D eigenvalue weighted by Gasteiger charge is -2.36. The highest BCUT2D eigenvalue weighted by Gasteiger charge is 2.35. The van der Waals surface area contributed by atoms with E-state index >= 15 is 0 Å². The first-order chi connectivity index (χ1) is 21.8. The van der Waals surface area contributed by atoms with E-state index in [-0.39, 0.29) is 25.7 Å². The number of morpholine rings is 1. The van der Waals surface area contributed by atoms with Crippen LogP contribution >= 0.6 is 0 Å². The molecule has 12 heteroatoms. The fourth-order valence-electron chi connectivity index (χ4n) is 5.33. The Bertz CT molecular complexity index is 1610. The molecule has 0 saturated carbocycles. The summed E-state index contributed by atoms with van der Waals surface area (Å²) in [7, 11) is 1.25. The minimum absolute atomic E-state index is 0.139. The van der Waals surface area contributed by atoms with Gasteiger partial charge in [0.25, 0.3) is 0 Å². The normalized spacial score (nSPS) is 16.9. The molecule has 0 aliphatic carbocycles. The van der Waals surface area contributed by atoms with Gasteiger partial charge in [0, 0.05) is 12.1 Å². The monoisotopic (exact) mass is 612 g/mol. The highest BCUT2D eigenvalue weighted by Crippen LogP contribution is 2.27. The molecule has 4 N–H and O–H groups in total. The Hall–Kier alpha value is -5.23. The van der Waals surface area contributed by atoms with Gasteiger partial charge < -0.3 is 25.2 Å². The Balaban J connectivity index is 1.23. The van der Waals surface area contributed by atoms with Gasteiger partial charge in [0.2, 0.25) is 5.91 Å². The maximum Gasteiger partial charge on any atom is 0.408 e. The summed E-state index contributed by atoms with van der Waals surface area (Å²) in [5, 5.41) is 22.3. The lowest BCUT2D eigenvalue weighted by molar-refractivity contribution is -0.118. The largest absolute Gasteiger partial charge is 0.465 e. The van der Waals surface area contributed by atoms with Gasteiger partial charge in [0.1, 0.15) is 17.9 Å². The van der Waals surface area contributed by atoms with E-state index in [9.17, 15) is 19.5 Å². The number of amides is 3. The number of nitrogens with zero attached hydrogens (tertiary/aromatic N) is 3. The highest BCUT2D eigenvalue weighted by molar-refractivity contribution is 5.97. The van der Waals surface area contributed by atoms with Gasteiger partial charge in [0.15, 0.2) is 5.82 Å². The van der Waals surface area contributed by atoms with E-state index in [1.54, 1.807) is 13.0 Å². The van der Waals surface area contributed by atoms with Crippen LogP contribution in [0.5, 0.6) is 0 Å². The molecule has 12 nitrogen and oxygen atoms in total. The average Bonchev–Trinajstić information content (AvgIpc) is 3.50. The van der Waals surface area contributed by atoms with Gasteiger partial charge in [-0.05, 0) is 48.1 Å². The standard InChI is InChI=1S/C33H36N6O6/c1-21-34-30(38-37-21)29-20-45-26(19-39(29)33(42)43)17-16-25-10-6-7-11-27(25)35-31(40)28(36-32(41)44-2)18-22-12-14-24(15-13-22)23-8-4-3-5-9-23/h3-15,26,28-29H,16-20H2,1-2H3,(H,35,40)(H,36,41)(H,42,43)(H,34,37,38)/t26-,28+,29+/m1/s1. The van der Waals surface area contributed by atoms with Crippen molar-refractivity contribution in [2.75, 3.05) is 25.6 Å². The van der Waals surface area contributed by atoms with Gasteiger partial charge in [-0.1, -0.05) is 72.8 Å². The minimum Gasteiger partial charge on any atom is -0.465 e. The van der Waals surface area contributed by atoms with Crippen LogP contribution in [-0.4, -0.2) is 75.7 Å². The van der Waals surface area contributed by atoms with Crippen molar-refractivity contribution in [1.29, 1.82) is 0 Å². The van der Waals surface area contributed by atoms with Crippen LogP contribution < -0.4 is 10.6 Å². The van der Waals surface area contributed by atoms with Crippen LogP contribution in [0.25, 0.3) is 11.1 Å². The van der Waals surface area contributed by atoms with E-state index in [0.29, 0.717) is 30.2 Å². The van der Waals surface area contributed by atoms with Crippen molar-refractivity contribution < 1.29 is 29.0 Å². The first-order valence-electron chi connectivity index (χ1n) is 14.7. The van der Waals surface area contributed by atoms with Crippen molar-refractivity contribution in [3.63, 3.8) is 0 Å². The Morgan fingerprint density at radius 3 is 2.44 bits per heavy atom. The fourth-order valence-corrected chi connectivity index (χ4v) is 5.33. The molecule has 1 fully saturated rings. The molecule has 2 heterocycles. The van der Waals surface area contributed by atoms with E-state index < -0.39 is 30.2 Å². The molecule has 3 aromatic carbocycles. The number of H-pyrrole nitrogens is 1. The zero-order valence-corrected chi connectivity index (χ0v) is 25.1. The van der Waals surface area contributed by atoms with Crippen LogP contribution in [0.1, 0.15) is 35.2 Å². The maximum atomic E-state index is 13.5. The number of carboxylic acid groups (broad SMARTS) is 1. The summed E-state index contributed by atoms with van der Waals surface area (Å²) in [4.78, 5) is 43.3. The van der Waals surface area contributed by atoms with Gasteiger partial charge >= 0.3 is 12.2 Å². The first-order valence-corrected chi connectivity index (χ1v) is 14.7. The molecule has 1 aromatic heterocycles. The van der Waals surface area contributed by atoms with Crippen molar-refractivity contribution in [2.45, 2.75) is 44.4 Å². The van der Waals surface area contributed by atoms with Crippen molar-refractivity contribution in [2.24, 2.45) is 0 Å². The van der Waals surface area contributed by atoms with Crippen LogP contribution in [0.2, 0.25) is 0 Å². The number of hydrogen-bond acceptors (Lipinski definition) is 7. The van der Waals surface area contributed by atoms with Crippen LogP contribution in [0, 0.1) is 6.92 Å². The average molecular weight is 613 g/mol. The number of methoxy groups -OCH3 is 1. The second kappa shape index (κ2) is 14.5. The Kier molecular flexibility index (Phi) is 10.1. The molecule has 1 saturated heterocycles. The summed E-state index contributed by atoms with van der Waals surface area (Å²) in [6.07, 6.45) is -0.829. The Morgan fingerprint density at radius 1 is 1.04 bits per heavy atom. The molecule has 5 rings (SSSR count). The van der Waals surface area contributed by atoms with Gasteiger partial charge in [0.05, 0.1) is 26.4 Å². The van der Waals surface area contributed by atoms with Crippen LogP contribution in [0.3, 0.4) is 0 Å². The second-order valence-corrected chi connectivity index (χ2v) is 10.8. The molecule has 1 aliphatic rings. The molecule has 0 bridgehead atoms. The first kappa shape index (κ1) is 31.2. The number of aromatic nitrogens is 3. The maximum absolute atomic E-state index is 13.5. The molecule has 45 heavy (non-hydrogen) atoms. The molecule has 4 aromatic rings. The number of anilines is 1. The Labute approximate surface area is 260 Å². The number of para-hydroxylation sites is 1. The molecular weight excluding hydrogens is 576 g/mol. The lowest BCUT2D eigenvalue weighted by atomic mass is 10.00. The van der Waals surface area contributed by atoms with Crippen LogP contribution in [0.4, 0.5) is 15.3 Å². The number of carbonyl (C=O) groups excluding carboxylic acids is 2. The van der Waals surface area contributed by atoms with Crippen molar-refractivity contribution >= 4 is 23.8 Å². The predicted octanol–water partition coefficient (Wildman–Crippen LogP) is 4.74. The molecule has 1 aliphatic heterocycles. The van der Waals surface area contributed by atoms with E-state index in [4.69, 9.17) is 9.47 Å². The SMILES string of the molecule is COC(=O)N[C@@H](Cc1ccc(-c2ccccc2)cc1)C(=O)Nc1ccccc1CC[C@@H]1CN(C(=O)O)[C@H](c2n[nH]c(C)n2)CO1. The number of aryl methyl sites for hydroxylation is 2. The number of ether oxygens (including phenoxy) is 2. The third-order valence-corrected chi connectivity index (χ3v) is 7.73. The third-order valence-electron chi connectivity index (χ3n) is 7.73. The van der Waals surface area contributed by atoms with E-state index in [0.717, 1.165) is 22.3 Å². The summed E-state index contributed by atoms with van der Waals surface area (Å²) in [6.45, 7) is 2.05. The van der Waals surface area contributed by atoms with Crippen LogP contribution in [-0.2, 0) is 27.1 Å². The third kappa shape index (κ3) is 8.03. The van der Waals surface area contributed by atoms with E-state index in [1.807, 2.05) is 72.8 Å². The number of hydrogen-bond donors (Lipinski definition) is 4. The molecule has 0 radical (unpaired) electrons. The van der Waals surface area contributed by atoms with Crippen molar-refractivity contribution in [1.82, 2.24) is 25.4 Å². The predicted molar refractivity (Wildman–Crippen MR) is 167 cm³/mol. The molecule has 0 unspecified atom stereocenters. The van der Waals surface area contributed by atoms with Gasteiger partial charge in [-0.2, -0.15) is 5.10 Å². The molecule has 3 atom stereocenters. The summed E-state index contributed by atoms with van der Waals surface area (Å²) in [6, 6.07) is 23.7. The molecule has 0 spiro atoms. The molecule has 3 amide bonds. The zero-order chi connectivity index (χ0) is 31.8. The second-order valence-electron chi connectivity index (χ2n) is 10.8. The summed E-state index contributed by atoms with van der Waals surface area (Å²) in [5.74, 6) is 0.584. The zero-order valence-electron chi connectivity index (χ0n) is 25.1. The number of nitrogens with one attached hydrogen (secondary N) is 3. The number of alkyl carbamates (subject to hydrolysis) is 1. The van der Waals surface area contributed by atoms with E-state index in [2.05, 4.69) is 25.8 Å².